The summed E-state index contributed by atoms with van der Waals surface area (Å²) in [6.07, 6.45) is -1.25. The molecule has 57 heavy (non-hydrogen) atoms. The molecule has 0 aliphatic rings. The Hall–Kier alpha value is -4.95. The molecule has 0 spiro atoms. The van der Waals surface area contributed by atoms with Gasteiger partial charge in [-0.25, -0.2) is 8.39 Å². The molecule has 0 radical (unpaired) electrons. The number of phenolic OH excluding ortho intramolecular Hbond substituents is 1. The summed E-state index contributed by atoms with van der Waals surface area (Å²) in [6.45, 7) is -1.13. The van der Waals surface area contributed by atoms with Gasteiger partial charge in [-0.05, 0) is 41.8 Å². The average Bonchev–Trinajstić information content (AvgIpc) is 3.09. The highest BCUT2D eigenvalue weighted by Gasteiger charge is 2.26. The van der Waals surface area contributed by atoms with Gasteiger partial charge in [0.15, 0.2) is 16.8 Å². The average molecular weight is 896 g/mol. The number of nitrogens with one attached hydrogen (secondary N) is 1. The first-order chi connectivity index (χ1) is 26.4. The molecule has 1 heterocycles. The van der Waals surface area contributed by atoms with Crippen LogP contribution in [-0.4, -0.2) is 109 Å². The lowest BCUT2D eigenvalue weighted by Crippen LogP contribution is -2.27. The summed E-state index contributed by atoms with van der Waals surface area (Å²) < 4.78 is 168. The van der Waals surface area contributed by atoms with Crippen molar-refractivity contribution in [1.29, 1.82) is 0 Å². The summed E-state index contributed by atoms with van der Waals surface area (Å²) in [5.74, 6) is -1.70. The van der Waals surface area contributed by atoms with Crippen LogP contribution in [0.4, 0.5) is 33.3 Å². The predicted octanol–water partition coefficient (Wildman–Crippen LogP) is 2.86. The van der Waals surface area contributed by atoms with Crippen molar-refractivity contribution in [3.8, 4) is 5.75 Å². The van der Waals surface area contributed by atoms with E-state index in [4.69, 9.17) is 8.74 Å². The van der Waals surface area contributed by atoms with Crippen molar-refractivity contribution >= 4 is 102 Å². The molecule has 1 unspecified atom stereocenters. The Morgan fingerprint density at radius 2 is 1.49 bits per heavy atom. The van der Waals surface area contributed by atoms with E-state index in [0.29, 0.717) is 0 Å². The minimum atomic E-state index is -5.22. The quantitative estimate of drug-likeness (QED) is 0.0471. The molecule has 0 amide bonds. The molecular formula is C28H26FN7O16S5. The van der Waals surface area contributed by atoms with Gasteiger partial charge in [0.25, 0.3) is 30.4 Å². The Balaban J connectivity index is 1.44. The number of rotatable bonds is 16. The number of nitrogens with zero attached hydrogens (tertiary/aromatic N) is 6. The molecule has 1 aromatic heterocycles. The number of azo groups is 1. The Kier molecular flexibility index (Phi) is 12.5. The Morgan fingerprint density at radius 1 is 0.807 bits per heavy atom. The number of aromatic hydroxyl groups is 1. The second-order valence-electron chi connectivity index (χ2n) is 11.3. The Bertz CT molecular complexity index is 2920. The number of benzene rings is 4. The van der Waals surface area contributed by atoms with Gasteiger partial charge in [0.2, 0.25) is 11.9 Å². The fourth-order valence-corrected chi connectivity index (χ4v) is 8.29. The molecule has 0 aliphatic heterocycles. The minimum Gasteiger partial charge on any atom is -0.505 e. The zero-order chi connectivity index (χ0) is 42.1. The first kappa shape index (κ1) is 43.2. The predicted molar refractivity (Wildman–Crippen MR) is 196 cm³/mol. The lowest BCUT2D eigenvalue weighted by atomic mass is 10.1. The Labute approximate surface area is 324 Å². The van der Waals surface area contributed by atoms with Crippen molar-refractivity contribution < 1.29 is 74.0 Å². The number of anilines is 3. The minimum absolute atomic E-state index is 0.0671. The summed E-state index contributed by atoms with van der Waals surface area (Å²) >= 11 is -1.97. The molecule has 0 aliphatic carbocycles. The fraction of sp³-hybridized carbons (Fsp3) is 0.179. The molecule has 5 aromatic rings. The molecule has 0 bridgehead atoms. The van der Waals surface area contributed by atoms with Crippen LogP contribution in [0.15, 0.2) is 79.5 Å². The van der Waals surface area contributed by atoms with Gasteiger partial charge >= 0.3 is 16.5 Å². The van der Waals surface area contributed by atoms with Crippen molar-refractivity contribution in [1.82, 2.24) is 15.0 Å². The molecule has 29 heteroatoms. The van der Waals surface area contributed by atoms with E-state index in [2.05, 4.69) is 34.7 Å². The van der Waals surface area contributed by atoms with Crippen LogP contribution >= 0.6 is 0 Å². The maximum atomic E-state index is 14.4. The van der Waals surface area contributed by atoms with Crippen LogP contribution in [0.25, 0.3) is 21.5 Å². The van der Waals surface area contributed by atoms with Crippen molar-refractivity contribution in [2.45, 2.75) is 14.7 Å². The van der Waals surface area contributed by atoms with E-state index in [1.807, 2.05) is 0 Å². The third-order valence-corrected chi connectivity index (χ3v) is 11.5. The zero-order valence-electron chi connectivity index (χ0n) is 28.4. The van der Waals surface area contributed by atoms with Crippen molar-refractivity contribution in [2.75, 3.05) is 42.8 Å². The summed E-state index contributed by atoms with van der Waals surface area (Å²) in [4.78, 5) is 9.73. The maximum Gasteiger partial charge on any atom is 0.397 e. The third-order valence-electron chi connectivity index (χ3n) is 7.39. The molecule has 0 saturated heterocycles. The van der Waals surface area contributed by atoms with Crippen LogP contribution < -0.4 is 10.2 Å². The number of halogens is 1. The number of fused-ring (bicyclic) bond motifs is 2. The van der Waals surface area contributed by atoms with Crippen LogP contribution in [0.2, 0.25) is 0 Å². The second kappa shape index (κ2) is 16.5. The van der Waals surface area contributed by atoms with Gasteiger partial charge in [-0.2, -0.15) is 53.0 Å². The summed E-state index contributed by atoms with van der Waals surface area (Å²) in [5.41, 5.74) is -1.47. The molecule has 1 atom stereocenters. The van der Waals surface area contributed by atoms with E-state index in [-0.39, 0.29) is 46.0 Å². The van der Waals surface area contributed by atoms with Gasteiger partial charge in [-0.1, -0.05) is 18.2 Å². The fourth-order valence-electron chi connectivity index (χ4n) is 5.02. The third kappa shape index (κ3) is 10.7. The van der Waals surface area contributed by atoms with Gasteiger partial charge < -0.3 is 15.3 Å². The molecule has 23 nitrogen and oxygen atoms in total. The summed E-state index contributed by atoms with van der Waals surface area (Å²) in [5, 5.41) is 20.2. The largest absolute Gasteiger partial charge is 0.505 e. The molecule has 306 valence electrons. The lowest BCUT2D eigenvalue weighted by molar-refractivity contribution is 0.212. The zero-order valence-corrected chi connectivity index (χ0v) is 32.4. The normalized spacial score (nSPS) is 13.4. The summed E-state index contributed by atoms with van der Waals surface area (Å²) in [7, 11) is -18.6. The number of hydrogen-bond donors (Lipinski definition) is 6. The standard InChI is InChI=1S/C28H26FN7O16S5/c1-36(9-12-53(38)51-10-11-52-57(48,49)50)28-32-26(29)31-27(33-28)30-16-5-6-17-15(13-16)14-22(55(42,43)44)23(24(17)37)35-34-20-8-7-18-19(25(20)56(45,46)47)3-2-4-21(18)54(39,40)41/h2-8,13-14,37H,9-12H2,1H3,(H,39,40,41)(H,42,43,44)(H,45,46,47)(H,48,49,50)(H,30,31,32,33). The van der Waals surface area contributed by atoms with E-state index in [9.17, 15) is 61.0 Å². The van der Waals surface area contributed by atoms with Crippen LogP contribution in [0, 0.1) is 6.08 Å². The second-order valence-corrected chi connectivity index (χ2v) is 17.7. The SMILES string of the molecule is CN(CCS(=O)OCCOS(=O)(=O)O)c1nc(F)nc(Nc2ccc3c(O)c(N=Nc4ccc5c(S(=O)(=O)O)cccc5c4S(=O)(=O)O)c(S(=O)(=O)O)cc3c2)n1. The summed E-state index contributed by atoms with van der Waals surface area (Å²) in [6, 6.07) is 9.64. The maximum absolute atomic E-state index is 14.4. The van der Waals surface area contributed by atoms with E-state index in [1.165, 1.54) is 30.1 Å². The highest BCUT2D eigenvalue weighted by molar-refractivity contribution is 7.86. The molecule has 6 N–H and O–H groups in total. The smallest absolute Gasteiger partial charge is 0.397 e. The molecular weight excluding hydrogens is 870 g/mol. The number of hydrogen-bond acceptors (Lipinski definition) is 19. The van der Waals surface area contributed by atoms with Gasteiger partial charge in [0.1, 0.15) is 26.1 Å². The highest BCUT2D eigenvalue weighted by atomic mass is 32.3. The number of aromatic nitrogens is 3. The van der Waals surface area contributed by atoms with Crippen molar-refractivity contribution in [3.05, 3.63) is 60.7 Å². The van der Waals surface area contributed by atoms with E-state index in [0.717, 1.165) is 36.4 Å². The van der Waals surface area contributed by atoms with Crippen LogP contribution in [0.5, 0.6) is 5.75 Å². The molecule has 0 saturated carbocycles. The van der Waals surface area contributed by atoms with Gasteiger partial charge in [-0.3, -0.25) is 22.4 Å². The van der Waals surface area contributed by atoms with Gasteiger partial charge in [-0.15, -0.1) is 10.2 Å². The first-order valence-electron chi connectivity index (χ1n) is 15.2. The topological polar surface area (TPSA) is 352 Å². The lowest BCUT2D eigenvalue weighted by Gasteiger charge is -2.17. The van der Waals surface area contributed by atoms with Gasteiger partial charge in [0, 0.05) is 35.4 Å². The van der Waals surface area contributed by atoms with Crippen LogP contribution in [-0.2, 0) is 60.2 Å². The highest BCUT2D eigenvalue weighted by Crippen LogP contribution is 2.43. The number of phenols is 1. The van der Waals surface area contributed by atoms with Crippen molar-refractivity contribution in [2.24, 2.45) is 10.2 Å². The van der Waals surface area contributed by atoms with Crippen LogP contribution in [0.1, 0.15) is 0 Å². The monoisotopic (exact) mass is 895 g/mol. The molecule has 4 aromatic carbocycles. The van der Waals surface area contributed by atoms with Crippen LogP contribution in [0.3, 0.4) is 0 Å². The van der Waals surface area contributed by atoms with E-state index in [1.54, 1.807) is 0 Å². The molecule has 0 fully saturated rings. The Morgan fingerprint density at radius 3 is 2.14 bits per heavy atom. The van der Waals surface area contributed by atoms with E-state index >= 15 is 0 Å². The van der Waals surface area contributed by atoms with E-state index < -0.39 is 108 Å². The van der Waals surface area contributed by atoms with Crippen molar-refractivity contribution in [3.63, 3.8) is 0 Å². The first-order valence-corrected chi connectivity index (χ1v) is 22.1. The van der Waals surface area contributed by atoms with Gasteiger partial charge in [0.05, 0.1) is 19.0 Å². The molecule has 5 rings (SSSR count).